The van der Waals surface area contributed by atoms with Crippen molar-refractivity contribution in [1.82, 2.24) is 15.3 Å². The summed E-state index contributed by atoms with van der Waals surface area (Å²) in [5.41, 5.74) is 5.71. The summed E-state index contributed by atoms with van der Waals surface area (Å²) in [5, 5.41) is 2.85. The van der Waals surface area contributed by atoms with Gasteiger partial charge in [0.2, 0.25) is 0 Å². The normalized spacial score (nSPS) is 12.1. The molecule has 1 heterocycles. The van der Waals surface area contributed by atoms with Crippen LogP contribution in [0.3, 0.4) is 0 Å². The highest BCUT2D eigenvalue weighted by Crippen LogP contribution is 2.02. The zero-order valence-corrected chi connectivity index (χ0v) is 10.3. The lowest BCUT2D eigenvalue weighted by Crippen LogP contribution is -2.33. The summed E-state index contributed by atoms with van der Waals surface area (Å²) in [6, 6.07) is 0.128. The van der Waals surface area contributed by atoms with Crippen LogP contribution in [-0.4, -0.2) is 33.9 Å². The summed E-state index contributed by atoms with van der Waals surface area (Å²) >= 11 is 1.76. The van der Waals surface area contributed by atoms with Gasteiger partial charge in [0.15, 0.2) is 0 Å². The summed E-state index contributed by atoms with van der Waals surface area (Å²) in [6.07, 6.45) is 5.79. The van der Waals surface area contributed by atoms with Gasteiger partial charge in [-0.15, -0.1) is 0 Å². The number of nitrogen functional groups attached to an aromatic ring is 1. The van der Waals surface area contributed by atoms with E-state index in [2.05, 4.69) is 15.3 Å². The lowest BCUT2D eigenvalue weighted by molar-refractivity contribution is 0.0934. The minimum absolute atomic E-state index is 0.128. The van der Waals surface area contributed by atoms with Crippen LogP contribution in [-0.2, 0) is 0 Å². The minimum Gasteiger partial charge on any atom is -0.382 e. The van der Waals surface area contributed by atoms with Crippen LogP contribution >= 0.6 is 11.8 Å². The number of nitrogens with zero attached hydrogens (tertiary/aromatic N) is 2. The summed E-state index contributed by atoms with van der Waals surface area (Å²) < 4.78 is 0. The Balaban J connectivity index is 2.52. The summed E-state index contributed by atoms with van der Waals surface area (Å²) in [5.74, 6) is 1.04. The highest BCUT2D eigenvalue weighted by Gasteiger charge is 2.11. The highest BCUT2D eigenvalue weighted by atomic mass is 32.2. The number of anilines is 1. The van der Waals surface area contributed by atoms with E-state index in [1.807, 2.05) is 13.2 Å². The number of amides is 1. The largest absolute Gasteiger partial charge is 0.382 e. The molecule has 0 saturated heterocycles. The Kier molecular flexibility index (Phi) is 5.04. The standard InChI is InChI=1S/C10H16N4OS/c1-7(3-4-16-2)13-10(15)8-5-12-6-9(11)14-8/h5-7H,3-4H2,1-2H3,(H2,11,14)(H,13,15). The van der Waals surface area contributed by atoms with E-state index in [0.29, 0.717) is 0 Å². The minimum atomic E-state index is -0.228. The van der Waals surface area contributed by atoms with E-state index in [9.17, 15) is 4.79 Å². The van der Waals surface area contributed by atoms with Gasteiger partial charge in [-0.25, -0.2) is 4.98 Å². The van der Waals surface area contributed by atoms with E-state index >= 15 is 0 Å². The molecule has 6 heteroatoms. The average molecular weight is 240 g/mol. The van der Waals surface area contributed by atoms with E-state index in [0.717, 1.165) is 12.2 Å². The first-order chi connectivity index (χ1) is 7.63. The number of hydrogen-bond acceptors (Lipinski definition) is 5. The van der Waals surface area contributed by atoms with Gasteiger partial charge in [0, 0.05) is 6.04 Å². The topological polar surface area (TPSA) is 80.9 Å². The second kappa shape index (κ2) is 6.32. The Bertz CT molecular complexity index is 358. The Morgan fingerprint density at radius 2 is 2.38 bits per heavy atom. The second-order valence-electron chi connectivity index (χ2n) is 3.49. The van der Waals surface area contributed by atoms with Crippen molar-refractivity contribution in [3.63, 3.8) is 0 Å². The van der Waals surface area contributed by atoms with Crippen molar-refractivity contribution in [2.45, 2.75) is 19.4 Å². The molecule has 0 bridgehead atoms. The maximum Gasteiger partial charge on any atom is 0.271 e. The van der Waals surface area contributed by atoms with Crippen molar-refractivity contribution in [3.8, 4) is 0 Å². The van der Waals surface area contributed by atoms with Gasteiger partial charge in [0.25, 0.3) is 5.91 Å². The third kappa shape index (κ3) is 4.06. The van der Waals surface area contributed by atoms with Crippen molar-refractivity contribution in [2.24, 2.45) is 0 Å². The van der Waals surface area contributed by atoms with Crippen LogP contribution in [0.25, 0.3) is 0 Å². The fraction of sp³-hybridized carbons (Fsp3) is 0.500. The maximum atomic E-state index is 11.7. The van der Waals surface area contributed by atoms with Crippen LogP contribution in [0.1, 0.15) is 23.8 Å². The Morgan fingerprint density at radius 1 is 1.62 bits per heavy atom. The Morgan fingerprint density at radius 3 is 3.00 bits per heavy atom. The zero-order valence-electron chi connectivity index (χ0n) is 9.43. The summed E-state index contributed by atoms with van der Waals surface area (Å²) in [4.78, 5) is 19.4. The molecule has 0 aliphatic heterocycles. The molecular weight excluding hydrogens is 224 g/mol. The van der Waals surface area contributed by atoms with Crippen LogP contribution in [0.15, 0.2) is 12.4 Å². The molecule has 1 aromatic rings. The van der Waals surface area contributed by atoms with Crippen LogP contribution in [0.4, 0.5) is 5.82 Å². The fourth-order valence-electron chi connectivity index (χ4n) is 1.15. The molecule has 1 amide bonds. The molecule has 0 aliphatic rings. The van der Waals surface area contributed by atoms with Crippen molar-refractivity contribution < 1.29 is 4.79 Å². The van der Waals surface area contributed by atoms with E-state index in [1.54, 1.807) is 11.8 Å². The highest BCUT2D eigenvalue weighted by molar-refractivity contribution is 7.98. The molecule has 1 aromatic heterocycles. The predicted molar refractivity (Wildman–Crippen MR) is 66.4 cm³/mol. The first kappa shape index (κ1) is 12.8. The molecule has 3 N–H and O–H groups in total. The molecule has 0 fully saturated rings. The third-order valence-electron chi connectivity index (χ3n) is 2.02. The Labute approximate surface area is 99.2 Å². The molecule has 0 aromatic carbocycles. The van der Waals surface area contributed by atoms with Crippen LogP contribution in [0, 0.1) is 0 Å². The van der Waals surface area contributed by atoms with Crippen molar-refractivity contribution in [1.29, 1.82) is 0 Å². The number of nitrogens with one attached hydrogen (secondary N) is 1. The predicted octanol–water partition coefficient (Wildman–Crippen LogP) is 0.930. The van der Waals surface area contributed by atoms with Gasteiger partial charge in [-0.1, -0.05) is 0 Å². The first-order valence-corrected chi connectivity index (χ1v) is 6.40. The quantitative estimate of drug-likeness (QED) is 0.800. The van der Waals surface area contributed by atoms with E-state index in [-0.39, 0.29) is 23.5 Å². The molecule has 0 aliphatic carbocycles. The van der Waals surface area contributed by atoms with Crippen molar-refractivity contribution >= 4 is 23.5 Å². The van der Waals surface area contributed by atoms with Crippen LogP contribution < -0.4 is 11.1 Å². The van der Waals surface area contributed by atoms with Gasteiger partial charge in [-0.05, 0) is 25.4 Å². The van der Waals surface area contributed by atoms with E-state index in [4.69, 9.17) is 5.73 Å². The molecular formula is C10H16N4OS. The van der Waals surface area contributed by atoms with Gasteiger partial charge in [-0.3, -0.25) is 9.78 Å². The number of carbonyl (C=O) groups excluding carboxylic acids is 1. The van der Waals surface area contributed by atoms with Crippen molar-refractivity contribution in [2.75, 3.05) is 17.7 Å². The van der Waals surface area contributed by atoms with Gasteiger partial charge >= 0.3 is 0 Å². The van der Waals surface area contributed by atoms with Gasteiger partial charge in [-0.2, -0.15) is 11.8 Å². The van der Waals surface area contributed by atoms with Crippen molar-refractivity contribution in [3.05, 3.63) is 18.1 Å². The molecule has 88 valence electrons. The lowest BCUT2D eigenvalue weighted by atomic mass is 10.2. The molecule has 0 radical (unpaired) electrons. The first-order valence-electron chi connectivity index (χ1n) is 5.00. The zero-order chi connectivity index (χ0) is 12.0. The van der Waals surface area contributed by atoms with E-state index in [1.165, 1.54) is 12.4 Å². The third-order valence-corrected chi connectivity index (χ3v) is 2.66. The molecule has 16 heavy (non-hydrogen) atoms. The fourth-order valence-corrected chi connectivity index (χ4v) is 1.74. The molecule has 1 unspecified atom stereocenters. The number of nitrogens with two attached hydrogens (primary N) is 1. The number of thioether (sulfide) groups is 1. The lowest BCUT2D eigenvalue weighted by Gasteiger charge is -2.12. The van der Waals surface area contributed by atoms with Gasteiger partial charge in [0.05, 0.1) is 12.4 Å². The summed E-state index contributed by atoms with van der Waals surface area (Å²) in [6.45, 7) is 1.97. The number of aromatic nitrogens is 2. The number of carbonyl (C=O) groups is 1. The van der Waals surface area contributed by atoms with Gasteiger partial charge in [0.1, 0.15) is 11.5 Å². The molecule has 1 rings (SSSR count). The number of hydrogen-bond donors (Lipinski definition) is 2. The number of rotatable bonds is 5. The van der Waals surface area contributed by atoms with Crippen LogP contribution in [0.5, 0.6) is 0 Å². The van der Waals surface area contributed by atoms with E-state index < -0.39 is 0 Å². The summed E-state index contributed by atoms with van der Waals surface area (Å²) in [7, 11) is 0. The SMILES string of the molecule is CSCCC(C)NC(=O)c1cncc(N)n1. The van der Waals surface area contributed by atoms with Gasteiger partial charge < -0.3 is 11.1 Å². The monoisotopic (exact) mass is 240 g/mol. The molecule has 1 atom stereocenters. The Hall–Kier alpha value is -1.30. The average Bonchev–Trinajstić information content (AvgIpc) is 2.26. The molecule has 0 spiro atoms. The second-order valence-corrected chi connectivity index (χ2v) is 4.47. The maximum absolute atomic E-state index is 11.7. The van der Waals surface area contributed by atoms with Crippen LogP contribution in [0.2, 0.25) is 0 Å². The molecule has 0 saturated carbocycles. The smallest absolute Gasteiger partial charge is 0.271 e. The molecule has 5 nitrogen and oxygen atoms in total.